The van der Waals surface area contributed by atoms with Crippen LogP contribution in [0.25, 0.3) is 11.1 Å². The molecule has 0 saturated carbocycles. The molecule has 1 aliphatic heterocycles. The van der Waals surface area contributed by atoms with Crippen molar-refractivity contribution in [1.29, 1.82) is 0 Å². The van der Waals surface area contributed by atoms with Crippen LogP contribution in [0.4, 0.5) is 27.8 Å². The zero-order valence-electron chi connectivity index (χ0n) is 26.6. The molecule has 7 nitrogen and oxygen atoms in total. The van der Waals surface area contributed by atoms with Crippen LogP contribution >= 0.6 is 0 Å². The molecule has 3 unspecified atom stereocenters. The van der Waals surface area contributed by atoms with Gasteiger partial charge in [-0.1, -0.05) is 55.5 Å². The van der Waals surface area contributed by atoms with Gasteiger partial charge in [0.15, 0.2) is 11.6 Å². The summed E-state index contributed by atoms with van der Waals surface area (Å²) < 4.78 is 79.9. The predicted octanol–water partition coefficient (Wildman–Crippen LogP) is 7.52. The standard InChI is InChI=1S/C36H36F5N3O4/c1-4-21(35(46)47)16-17-42-32(22-10-6-5-7-11-22)28-19-43-33-24(18-25-26(36(39,40)41)13-9-14-27(25)37)20(2)30(34(45)44(28)33)23-12-8-15-29(48-3)31(23)38/h5-15,21,28,32,42-43H,4,16-19H2,1-3H3,(H,46,47). The largest absolute Gasteiger partial charge is 0.494 e. The summed E-state index contributed by atoms with van der Waals surface area (Å²) in [5.74, 6) is -3.33. The van der Waals surface area contributed by atoms with E-state index in [1.165, 1.54) is 36.8 Å². The number of anilines is 1. The Hall–Kier alpha value is -4.71. The fourth-order valence-electron chi connectivity index (χ4n) is 6.55. The molecule has 5 rings (SSSR count). The summed E-state index contributed by atoms with van der Waals surface area (Å²) in [5, 5.41) is 16.2. The maximum Gasteiger partial charge on any atom is 0.416 e. The number of ether oxygens (including phenoxy) is 1. The highest BCUT2D eigenvalue weighted by Crippen LogP contribution is 2.41. The zero-order valence-corrected chi connectivity index (χ0v) is 26.6. The Balaban J connectivity index is 1.73. The second kappa shape index (κ2) is 14.2. The molecule has 3 aromatic carbocycles. The number of carbonyl (C=O) groups is 1. The Bertz CT molecular complexity index is 1860. The number of alkyl halides is 3. The second-order valence-electron chi connectivity index (χ2n) is 11.8. The molecule has 0 spiro atoms. The van der Waals surface area contributed by atoms with E-state index in [1.54, 1.807) is 6.92 Å². The molecule has 4 aromatic rings. The molecule has 3 N–H and O–H groups in total. The number of nitrogens with zero attached hydrogens (tertiary/aromatic N) is 1. The van der Waals surface area contributed by atoms with E-state index in [4.69, 9.17) is 4.74 Å². The van der Waals surface area contributed by atoms with E-state index in [-0.39, 0.29) is 46.9 Å². The van der Waals surface area contributed by atoms with Crippen molar-refractivity contribution in [3.05, 3.63) is 117 Å². The van der Waals surface area contributed by atoms with Crippen LogP contribution in [0, 0.1) is 24.5 Å². The van der Waals surface area contributed by atoms with Gasteiger partial charge in [-0.25, -0.2) is 8.78 Å². The first-order valence-corrected chi connectivity index (χ1v) is 15.6. The van der Waals surface area contributed by atoms with Crippen LogP contribution in [0.15, 0.2) is 71.5 Å². The molecule has 0 saturated heterocycles. The van der Waals surface area contributed by atoms with E-state index < -0.39 is 64.9 Å². The smallest absolute Gasteiger partial charge is 0.416 e. The van der Waals surface area contributed by atoms with Crippen LogP contribution in [0.1, 0.15) is 59.7 Å². The molecule has 0 fully saturated rings. The molecule has 0 amide bonds. The number of aromatic nitrogens is 1. The van der Waals surface area contributed by atoms with Gasteiger partial charge in [-0.2, -0.15) is 13.2 Å². The quantitative estimate of drug-likeness (QED) is 0.135. The number of nitrogens with one attached hydrogen (secondary N) is 2. The third kappa shape index (κ3) is 6.66. The molecular formula is C36H36F5N3O4. The van der Waals surface area contributed by atoms with Crippen LogP contribution in [0.3, 0.4) is 0 Å². The van der Waals surface area contributed by atoms with Crippen molar-refractivity contribution in [2.45, 2.75) is 51.4 Å². The Morgan fingerprint density at radius 3 is 2.42 bits per heavy atom. The van der Waals surface area contributed by atoms with Crippen LogP contribution in [0.2, 0.25) is 0 Å². The van der Waals surface area contributed by atoms with Gasteiger partial charge in [0.25, 0.3) is 5.56 Å². The molecule has 0 bridgehead atoms. The predicted molar refractivity (Wildman–Crippen MR) is 172 cm³/mol. The van der Waals surface area contributed by atoms with Crippen molar-refractivity contribution in [3.63, 3.8) is 0 Å². The minimum Gasteiger partial charge on any atom is -0.494 e. The summed E-state index contributed by atoms with van der Waals surface area (Å²) in [5.41, 5.74) is -1.38. The summed E-state index contributed by atoms with van der Waals surface area (Å²) >= 11 is 0. The van der Waals surface area contributed by atoms with E-state index >= 15 is 8.78 Å². The van der Waals surface area contributed by atoms with Crippen molar-refractivity contribution in [3.8, 4) is 16.9 Å². The summed E-state index contributed by atoms with van der Waals surface area (Å²) in [6.07, 6.45) is -4.66. The van der Waals surface area contributed by atoms with Crippen LogP contribution in [-0.2, 0) is 17.4 Å². The number of hydrogen-bond donors (Lipinski definition) is 3. The highest BCUT2D eigenvalue weighted by atomic mass is 19.4. The van der Waals surface area contributed by atoms with Crippen molar-refractivity contribution in [1.82, 2.24) is 9.88 Å². The van der Waals surface area contributed by atoms with Gasteiger partial charge >= 0.3 is 12.1 Å². The maximum absolute atomic E-state index is 15.8. The van der Waals surface area contributed by atoms with Gasteiger partial charge in [0.2, 0.25) is 0 Å². The SMILES string of the molecule is CCC(CCNC(c1ccccc1)C1CNc2c(Cc3c(F)cccc3C(F)(F)F)c(C)c(-c3cccc(OC)c3F)c(=O)n21)C(=O)O. The Kier molecular flexibility index (Phi) is 10.2. The number of aliphatic carboxylic acids is 1. The average Bonchev–Trinajstić information content (AvgIpc) is 3.49. The normalized spacial score (nSPS) is 15.5. The van der Waals surface area contributed by atoms with E-state index in [2.05, 4.69) is 10.6 Å². The lowest BCUT2D eigenvalue weighted by Crippen LogP contribution is -2.36. The molecular weight excluding hydrogens is 633 g/mol. The lowest BCUT2D eigenvalue weighted by atomic mass is 9.91. The third-order valence-corrected chi connectivity index (χ3v) is 9.07. The number of methoxy groups -OCH3 is 1. The van der Waals surface area contributed by atoms with Crippen molar-refractivity contribution in [2.24, 2.45) is 5.92 Å². The number of pyridine rings is 1. The number of rotatable bonds is 12. The van der Waals surface area contributed by atoms with Gasteiger partial charge in [-0.3, -0.25) is 14.2 Å². The highest BCUT2D eigenvalue weighted by Gasteiger charge is 2.38. The number of carboxylic acid groups (broad SMARTS) is 1. The maximum atomic E-state index is 15.8. The van der Waals surface area contributed by atoms with Gasteiger partial charge in [-0.15, -0.1) is 0 Å². The van der Waals surface area contributed by atoms with Gasteiger partial charge < -0.3 is 20.5 Å². The molecule has 2 heterocycles. The first-order chi connectivity index (χ1) is 22.9. The molecule has 0 aliphatic carbocycles. The van der Waals surface area contributed by atoms with Crippen molar-refractivity contribution in [2.75, 3.05) is 25.5 Å². The molecule has 12 heteroatoms. The summed E-state index contributed by atoms with van der Waals surface area (Å²) in [7, 11) is 1.27. The van der Waals surface area contributed by atoms with E-state index in [1.807, 2.05) is 30.3 Å². The molecule has 0 radical (unpaired) electrons. The molecule has 254 valence electrons. The van der Waals surface area contributed by atoms with Crippen LogP contribution < -0.4 is 20.9 Å². The van der Waals surface area contributed by atoms with E-state index in [0.717, 1.165) is 23.8 Å². The van der Waals surface area contributed by atoms with Gasteiger partial charge in [0.1, 0.15) is 11.6 Å². The lowest BCUT2D eigenvalue weighted by Gasteiger charge is -2.28. The zero-order chi connectivity index (χ0) is 34.7. The molecule has 1 aromatic heterocycles. The molecule has 3 atom stereocenters. The molecule has 1 aliphatic rings. The van der Waals surface area contributed by atoms with Gasteiger partial charge in [0.05, 0.1) is 36.2 Å². The van der Waals surface area contributed by atoms with Gasteiger partial charge in [0, 0.05) is 29.7 Å². The lowest BCUT2D eigenvalue weighted by molar-refractivity contribution is -0.142. The van der Waals surface area contributed by atoms with Crippen molar-refractivity contribution < 1.29 is 36.6 Å². The Labute approximate surface area is 274 Å². The van der Waals surface area contributed by atoms with E-state index in [0.29, 0.717) is 12.8 Å². The van der Waals surface area contributed by atoms with Crippen LogP contribution in [-0.4, -0.2) is 35.8 Å². The number of fused-ring (bicyclic) bond motifs is 1. The fraction of sp³-hybridized carbons (Fsp3) is 0.333. The summed E-state index contributed by atoms with van der Waals surface area (Å²) in [6, 6.07) is 14.9. The topological polar surface area (TPSA) is 92.6 Å². The monoisotopic (exact) mass is 669 g/mol. The highest BCUT2D eigenvalue weighted by molar-refractivity contribution is 5.74. The number of benzene rings is 3. The Morgan fingerprint density at radius 2 is 1.77 bits per heavy atom. The van der Waals surface area contributed by atoms with Gasteiger partial charge in [-0.05, 0) is 55.6 Å². The van der Waals surface area contributed by atoms with Crippen molar-refractivity contribution >= 4 is 11.8 Å². The summed E-state index contributed by atoms with van der Waals surface area (Å²) in [4.78, 5) is 26.2. The minimum atomic E-state index is -4.85. The molecule has 48 heavy (non-hydrogen) atoms. The number of carboxylic acids is 1. The third-order valence-electron chi connectivity index (χ3n) is 9.07. The first-order valence-electron chi connectivity index (χ1n) is 15.6. The number of hydrogen-bond acceptors (Lipinski definition) is 5. The Morgan fingerprint density at radius 1 is 1.06 bits per heavy atom. The summed E-state index contributed by atoms with van der Waals surface area (Å²) in [6.45, 7) is 3.73. The average molecular weight is 670 g/mol. The first kappa shape index (κ1) is 34.6. The second-order valence-corrected chi connectivity index (χ2v) is 11.8. The number of halogens is 5. The minimum absolute atomic E-state index is 0.0903. The van der Waals surface area contributed by atoms with Crippen LogP contribution in [0.5, 0.6) is 5.75 Å². The van der Waals surface area contributed by atoms with E-state index in [9.17, 15) is 27.9 Å². The fourth-order valence-corrected chi connectivity index (χ4v) is 6.55.